The smallest absolute Gasteiger partial charge is 0.303 e. The summed E-state index contributed by atoms with van der Waals surface area (Å²) in [6, 6.07) is 0. The van der Waals surface area contributed by atoms with Gasteiger partial charge in [0.2, 0.25) is 0 Å². The first-order valence-electron chi connectivity index (χ1n) is 5.94. The fraction of sp³-hybridized carbons (Fsp3) is 0.333. The number of carboxylic acid groups (broad SMARTS) is 1. The van der Waals surface area contributed by atoms with Crippen LogP contribution in [0.5, 0.6) is 0 Å². The summed E-state index contributed by atoms with van der Waals surface area (Å²) in [7, 11) is 0. The minimum Gasteiger partial charge on any atom is -0.481 e. The number of aryl methyl sites for hydroxylation is 2. The van der Waals surface area contributed by atoms with E-state index in [-0.39, 0.29) is 12.3 Å². The third-order valence-electron chi connectivity index (χ3n) is 2.55. The number of rotatable bonds is 6. The molecule has 0 atom stereocenters. The van der Waals surface area contributed by atoms with Crippen molar-refractivity contribution in [2.45, 2.75) is 26.2 Å². The van der Waals surface area contributed by atoms with Gasteiger partial charge in [-0.15, -0.1) is 22.7 Å². The van der Waals surface area contributed by atoms with Crippen molar-refractivity contribution in [1.29, 1.82) is 0 Å². The monoisotopic (exact) mass is 311 g/mol. The molecule has 8 heteroatoms. The predicted octanol–water partition coefficient (Wildman–Crippen LogP) is 2.57. The zero-order valence-electron chi connectivity index (χ0n) is 10.8. The second-order valence-corrected chi connectivity index (χ2v) is 5.83. The van der Waals surface area contributed by atoms with E-state index >= 15 is 0 Å². The topological polar surface area (TPSA) is 92.2 Å². The van der Waals surface area contributed by atoms with Crippen LogP contribution in [-0.4, -0.2) is 27.0 Å². The summed E-state index contributed by atoms with van der Waals surface area (Å²) in [5.74, 6) is -1.02. The molecule has 0 aliphatic rings. The lowest BCUT2D eigenvalue weighted by atomic mass is 10.2. The van der Waals surface area contributed by atoms with Gasteiger partial charge < -0.3 is 5.11 Å². The number of hydrogen-bond acceptors (Lipinski definition) is 6. The Balaban J connectivity index is 1.91. The molecule has 0 saturated heterocycles. The molecule has 0 spiro atoms. The van der Waals surface area contributed by atoms with E-state index in [2.05, 4.69) is 15.3 Å². The molecule has 106 valence electrons. The highest BCUT2D eigenvalue weighted by molar-refractivity contribution is 7.14. The van der Waals surface area contributed by atoms with E-state index in [1.807, 2.05) is 5.38 Å². The number of carboxylic acids is 1. The SMILES string of the molecule is Cc1ncsc1C(=O)Nc1nc(CCCC(=O)O)cs1. The Morgan fingerprint density at radius 3 is 2.85 bits per heavy atom. The lowest BCUT2D eigenvalue weighted by Gasteiger charge is -1.99. The van der Waals surface area contributed by atoms with Crippen LogP contribution in [-0.2, 0) is 11.2 Å². The lowest BCUT2D eigenvalue weighted by molar-refractivity contribution is -0.137. The first-order chi connectivity index (χ1) is 9.56. The molecule has 2 aromatic rings. The number of aromatic nitrogens is 2. The lowest BCUT2D eigenvalue weighted by Crippen LogP contribution is -2.11. The number of amides is 1. The van der Waals surface area contributed by atoms with Crippen molar-refractivity contribution >= 4 is 39.7 Å². The average molecular weight is 311 g/mol. The summed E-state index contributed by atoms with van der Waals surface area (Å²) in [5.41, 5.74) is 3.13. The Morgan fingerprint density at radius 2 is 2.20 bits per heavy atom. The number of aliphatic carboxylic acids is 1. The summed E-state index contributed by atoms with van der Waals surface area (Å²) in [6.45, 7) is 1.78. The van der Waals surface area contributed by atoms with Crippen LogP contribution in [0.4, 0.5) is 5.13 Å². The number of carbonyl (C=O) groups is 2. The Kier molecular flexibility index (Phi) is 4.80. The zero-order chi connectivity index (χ0) is 14.5. The first kappa shape index (κ1) is 14.6. The maximum absolute atomic E-state index is 12.0. The highest BCUT2D eigenvalue weighted by Crippen LogP contribution is 2.20. The van der Waals surface area contributed by atoms with Gasteiger partial charge in [-0.3, -0.25) is 14.9 Å². The highest BCUT2D eigenvalue weighted by atomic mass is 32.1. The molecule has 0 bridgehead atoms. The van der Waals surface area contributed by atoms with Gasteiger partial charge in [0.25, 0.3) is 5.91 Å². The molecule has 0 saturated carbocycles. The largest absolute Gasteiger partial charge is 0.481 e. The molecule has 20 heavy (non-hydrogen) atoms. The van der Waals surface area contributed by atoms with Crippen LogP contribution in [0, 0.1) is 6.92 Å². The van der Waals surface area contributed by atoms with Crippen molar-refractivity contribution in [2.24, 2.45) is 0 Å². The highest BCUT2D eigenvalue weighted by Gasteiger charge is 2.13. The molecular weight excluding hydrogens is 298 g/mol. The second kappa shape index (κ2) is 6.58. The number of thiazole rings is 2. The normalized spacial score (nSPS) is 10.4. The quantitative estimate of drug-likeness (QED) is 0.855. The number of hydrogen-bond donors (Lipinski definition) is 2. The average Bonchev–Trinajstić information content (AvgIpc) is 2.98. The number of anilines is 1. The molecule has 0 unspecified atom stereocenters. The van der Waals surface area contributed by atoms with Gasteiger partial charge in [0, 0.05) is 11.8 Å². The summed E-state index contributed by atoms with van der Waals surface area (Å²) >= 11 is 2.62. The predicted molar refractivity (Wildman–Crippen MR) is 77.5 cm³/mol. The van der Waals surface area contributed by atoms with Crippen LogP contribution in [0.3, 0.4) is 0 Å². The summed E-state index contributed by atoms with van der Waals surface area (Å²) in [4.78, 5) is 31.2. The summed E-state index contributed by atoms with van der Waals surface area (Å²) < 4.78 is 0. The second-order valence-electron chi connectivity index (χ2n) is 4.11. The van der Waals surface area contributed by atoms with E-state index in [1.54, 1.807) is 12.4 Å². The van der Waals surface area contributed by atoms with E-state index in [0.29, 0.717) is 28.5 Å². The van der Waals surface area contributed by atoms with E-state index in [9.17, 15) is 9.59 Å². The van der Waals surface area contributed by atoms with Gasteiger partial charge in [0.05, 0.1) is 16.9 Å². The van der Waals surface area contributed by atoms with E-state index < -0.39 is 5.97 Å². The van der Waals surface area contributed by atoms with Crippen LogP contribution >= 0.6 is 22.7 Å². The van der Waals surface area contributed by atoms with Gasteiger partial charge in [-0.05, 0) is 19.8 Å². The van der Waals surface area contributed by atoms with Crippen molar-refractivity contribution in [3.8, 4) is 0 Å². The molecule has 2 aromatic heterocycles. The summed E-state index contributed by atoms with van der Waals surface area (Å²) in [6.07, 6.45) is 1.26. The molecule has 0 aliphatic carbocycles. The fourth-order valence-electron chi connectivity index (χ4n) is 1.57. The molecule has 0 radical (unpaired) electrons. The van der Waals surface area contributed by atoms with Crippen molar-refractivity contribution in [2.75, 3.05) is 5.32 Å². The summed E-state index contributed by atoms with van der Waals surface area (Å²) in [5, 5.41) is 13.6. The van der Waals surface area contributed by atoms with E-state index in [1.165, 1.54) is 22.7 Å². The standard InChI is InChI=1S/C12H13N3O3S2/c1-7-10(20-6-13-7)11(18)15-12-14-8(5-19-12)3-2-4-9(16)17/h5-6H,2-4H2,1H3,(H,16,17)(H,14,15,18). The Hall–Kier alpha value is -1.80. The molecular formula is C12H13N3O3S2. The van der Waals surface area contributed by atoms with Gasteiger partial charge >= 0.3 is 5.97 Å². The zero-order valence-corrected chi connectivity index (χ0v) is 12.4. The van der Waals surface area contributed by atoms with Gasteiger partial charge in [0.1, 0.15) is 4.88 Å². The van der Waals surface area contributed by atoms with E-state index in [0.717, 1.165) is 5.69 Å². The molecule has 0 aromatic carbocycles. The Bertz CT molecular complexity index is 621. The number of carbonyl (C=O) groups excluding carboxylic acids is 1. The van der Waals surface area contributed by atoms with E-state index in [4.69, 9.17) is 5.11 Å². The molecule has 0 fully saturated rings. The van der Waals surface area contributed by atoms with Gasteiger partial charge in [0.15, 0.2) is 5.13 Å². The van der Waals surface area contributed by atoms with Gasteiger partial charge in [-0.25, -0.2) is 9.97 Å². The molecule has 2 rings (SSSR count). The fourth-order valence-corrected chi connectivity index (χ4v) is 3.01. The first-order valence-corrected chi connectivity index (χ1v) is 7.70. The van der Waals surface area contributed by atoms with Gasteiger partial charge in [-0.2, -0.15) is 0 Å². The van der Waals surface area contributed by atoms with Crippen molar-refractivity contribution in [1.82, 2.24) is 9.97 Å². The third kappa shape index (κ3) is 3.84. The minimum absolute atomic E-state index is 0.124. The van der Waals surface area contributed by atoms with Crippen molar-refractivity contribution in [3.05, 3.63) is 27.2 Å². The molecule has 0 aliphatic heterocycles. The van der Waals surface area contributed by atoms with Gasteiger partial charge in [-0.1, -0.05) is 0 Å². The maximum atomic E-state index is 12.0. The van der Waals surface area contributed by atoms with Crippen LogP contribution in [0.25, 0.3) is 0 Å². The Labute approximate surface area is 123 Å². The van der Waals surface area contributed by atoms with Crippen LogP contribution in [0.1, 0.15) is 33.9 Å². The number of nitrogens with one attached hydrogen (secondary N) is 1. The van der Waals surface area contributed by atoms with Crippen LogP contribution in [0.2, 0.25) is 0 Å². The molecule has 2 N–H and O–H groups in total. The van der Waals surface area contributed by atoms with Crippen molar-refractivity contribution < 1.29 is 14.7 Å². The minimum atomic E-state index is -0.811. The molecule has 2 heterocycles. The van der Waals surface area contributed by atoms with Crippen molar-refractivity contribution in [3.63, 3.8) is 0 Å². The van der Waals surface area contributed by atoms with Crippen LogP contribution in [0.15, 0.2) is 10.9 Å². The molecule has 1 amide bonds. The number of nitrogens with zero attached hydrogens (tertiary/aromatic N) is 2. The third-order valence-corrected chi connectivity index (χ3v) is 4.28. The van der Waals surface area contributed by atoms with Crippen LogP contribution < -0.4 is 5.32 Å². The Morgan fingerprint density at radius 1 is 1.40 bits per heavy atom. The maximum Gasteiger partial charge on any atom is 0.303 e. The molecule has 6 nitrogen and oxygen atoms in total.